The van der Waals surface area contributed by atoms with Gasteiger partial charge in [-0.05, 0) is 43.2 Å². The summed E-state index contributed by atoms with van der Waals surface area (Å²) in [5.41, 5.74) is 2.13. The highest BCUT2D eigenvalue weighted by molar-refractivity contribution is 6.02. The topological polar surface area (TPSA) is 90.5 Å². The number of nitrogens with one attached hydrogen (secondary N) is 1. The van der Waals surface area contributed by atoms with E-state index in [-0.39, 0.29) is 5.91 Å². The molecule has 1 amide bonds. The van der Waals surface area contributed by atoms with E-state index in [1.165, 1.54) is 0 Å². The molecule has 8 nitrogen and oxygen atoms in total. The Morgan fingerprint density at radius 2 is 1.79 bits per heavy atom. The first-order valence-electron chi connectivity index (χ1n) is 9.06. The minimum absolute atomic E-state index is 0.312. The summed E-state index contributed by atoms with van der Waals surface area (Å²) in [7, 11) is 0. The molecule has 4 aromatic heterocycles. The van der Waals surface area contributed by atoms with Crippen LogP contribution in [-0.2, 0) is 0 Å². The molecule has 4 aromatic rings. The molecule has 138 valence electrons. The fourth-order valence-corrected chi connectivity index (χ4v) is 3.01. The molecule has 1 N–H and O–H groups in total. The van der Waals surface area contributed by atoms with Gasteiger partial charge >= 0.3 is 0 Å². The summed E-state index contributed by atoms with van der Waals surface area (Å²) >= 11 is 0. The van der Waals surface area contributed by atoms with Crippen LogP contribution in [0.3, 0.4) is 0 Å². The highest BCUT2D eigenvalue weighted by Gasteiger charge is 2.28. The molecule has 0 atom stereocenters. The molecule has 8 heteroatoms. The predicted molar refractivity (Wildman–Crippen MR) is 103 cm³/mol. The van der Waals surface area contributed by atoms with Crippen molar-refractivity contribution in [2.45, 2.75) is 18.8 Å². The number of aromatic nitrogens is 6. The lowest BCUT2D eigenvalue weighted by Gasteiger charge is -2.08. The molecule has 4 heterocycles. The zero-order valence-electron chi connectivity index (χ0n) is 14.9. The Hall–Kier alpha value is -3.81. The van der Waals surface area contributed by atoms with Crippen molar-refractivity contribution in [2.75, 3.05) is 5.32 Å². The maximum absolute atomic E-state index is 12.8. The van der Waals surface area contributed by atoms with Crippen molar-refractivity contribution in [3.63, 3.8) is 0 Å². The summed E-state index contributed by atoms with van der Waals surface area (Å²) in [5.74, 6) is 1.08. The van der Waals surface area contributed by atoms with Gasteiger partial charge in [0, 0.05) is 48.7 Å². The van der Waals surface area contributed by atoms with Gasteiger partial charge < -0.3 is 9.88 Å². The monoisotopic (exact) mass is 371 g/mol. The van der Waals surface area contributed by atoms with Crippen LogP contribution < -0.4 is 5.32 Å². The van der Waals surface area contributed by atoms with Crippen molar-refractivity contribution in [3.05, 3.63) is 78.8 Å². The van der Waals surface area contributed by atoms with Crippen molar-refractivity contribution in [1.82, 2.24) is 29.3 Å². The smallest absolute Gasteiger partial charge is 0.275 e. The van der Waals surface area contributed by atoms with E-state index in [9.17, 15) is 4.79 Å². The average molecular weight is 371 g/mol. The Morgan fingerprint density at radius 1 is 1.00 bits per heavy atom. The molecule has 1 aliphatic rings. The van der Waals surface area contributed by atoms with E-state index in [1.807, 2.05) is 41.2 Å². The lowest BCUT2D eigenvalue weighted by atomic mass is 10.3. The summed E-state index contributed by atoms with van der Waals surface area (Å²) in [6.45, 7) is 0. The SMILES string of the molecule is O=C(Nc1cc(C2CC2)nn1-c1ncccn1)c1cc(-n2cccc2)ccn1. The van der Waals surface area contributed by atoms with E-state index in [1.54, 1.807) is 35.4 Å². The van der Waals surface area contributed by atoms with E-state index in [4.69, 9.17) is 0 Å². The number of carbonyl (C=O) groups is 1. The zero-order valence-corrected chi connectivity index (χ0v) is 14.9. The van der Waals surface area contributed by atoms with Crippen LogP contribution in [0.4, 0.5) is 5.82 Å². The van der Waals surface area contributed by atoms with Gasteiger partial charge in [-0.25, -0.2) is 9.97 Å². The summed E-state index contributed by atoms with van der Waals surface area (Å²) < 4.78 is 3.49. The summed E-state index contributed by atoms with van der Waals surface area (Å²) in [6.07, 6.45) is 11.0. The second-order valence-electron chi connectivity index (χ2n) is 6.63. The van der Waals surface area contributed by atoms with Gasteiger partial charge in [0.1, 0.15) is 11.5 Å². The molecule has 5 rings (SSSR count). The van der Waals surface area contributed by atoms with Crippen molar-refractivity contribution >= 4 is 11.7 Å². The molecule has 1 fully saturated rings. The molecule has 0 radical (unpaired) electrons. The highest BCUT2D eigenvalue weighted by Crippen LogP contribution is 2.40. The molecule has 1 saturated carbocycles. The molecule has 28 heavy (non-hydrogen) atoms. The first-order chi connectivity index (χ1) is 13.8. The highest BCUT2D eigenvalue weighted by atomic mass is 16.2. The van der Waals surface area contributed by atoms with Crippen LogP contribution in [-0.4, -0.2) is 35.2 Å². The summed E-state index contributed by atoms with van der Waals surface area (Å²) in [5, 5.41) is 7.51. The Labute approximate surface area is 160 Å². The first-order valence-corrected chi connectivity index (χ1v) is 9.06. The maximum atomic E-state index is 12.8. The minimum atomic E-state index is -0.312. The second-order valence-corrected chi connectivity index (χ2v) is 6.63. The second kappa shape index (κ2) is 6.73. The van der Waals surface area contributed by atoms with Gasteiger partial charge in [-0.1, -0.05) is 0 Å². The molecule has 0 aliphatic heterocycles. The van der Waals surface area contributed by atoms with E-state index >= 15 is 0 Å². The number of hydrogen-bond donors (Lipinski definition) is 1. The Bertz CT molecular complexity index is 1110. The van der Waals surface area contributed by atoms with Gasteiger partial charge in [0.15, 0.2) is 0 Å². The quantitative estimate of drug-likeness (QED) is 0.582. The van der Waals surface area contributed by atoms with Gasteiger partial charge in [-0.15, -0.1) is 0 Å². The Morgan fingerprint density at radius 3 is 2.54 bits per heavy atom. The normalized spacial score (nSPS) is 13.4. The third-order valence-corrected chi connectivity index (χ3v) is 4.59. The van der Waals surface area contributed by atoms with Gasteiger partial charge in [-0.3, -0.25) is 9.78 Å². The van der Waals surface area contributed by atoms with Crippen molar-refractivity contribution < 1.29 is 4.79 Å². The van der Waals surface area contributed by atoms with Gasteiger partial charge in [0.2, 0.25) is 0 Å². The predicted octanol–water partition coefficient (Wildman–Crippen LogP) is 2.98. The molecule has 0 aromatic carbocycles. The average Bonchev–Trinajstić information content (AvgIpc) is 3.27. The number of amides is 1. The largest absolute Gasteiger partial charge is 0.324 e. The van der Waals surface area contributed by atoms with Crippen LogP contribution >= 0.6 is 0 Å². The van der Waals surface area contributed by atoms with E-state index < -0.39 is 0 Å². The third-order valence-electron chi connectivity index (χ3n) is 4.59. The van der Waals surface area contributed by atoms with Crippen molar-refractivity contribution in [2.24, 2.45) is 0 Å². The molecule has 0 bridgehead atoms. The summed E-state index contributed by atoms with van der Waals surface area (Å²) in [6, 6.07) is 11.1. The number of nitrogens with zero attached hydrogens (tertiary/aromatic N) is 6. The number of carbonyl (C=O) groups excluding carboxylic acids is 1. The van der Waals surface area contributed by atoms with Crippen LogP contribution in [0, 0.1) is 0 Å². The van der Waals surface area contributed by atoms with E-state index in [2.05, 4.69) is 25.4 Å². The van der Waals surface area contributed by atoms with Crippen LogP contribution in [0.2, 0.25) is 0 Å². The lowest BCUT2D eigenvalue weighted by Crippen LogP contribution is -2.17. The number of rotatable bonds is 5. The fraction of sp³-hybridized carbons (Fsp3) is 0.150. The molecular formula is C20H17N7O. The number of hydrogen-bond acceptors (Lipinski definition) is 5. The maximum Gasteiger partial charge on any atom is 0.275 e. The molecule has 0 spiro atoms. The zero-order chi connectivity index (χ0) is 18.9. The van der Waals surface area contributed by atoms with Gasteiger partial charge in [-0.2, -0.15) is 9.78 Å². The van der Waals surface area contributed by atoms with Crippen LogP contribution in [0.1, 0.15) is 34.9 Å². The Balaban J connectivity index is 1.46. The molecule has 0 saturated heterocycles. The third kappa shape index (κ3) is 3.16. The van der Waals surface area contributed by atoms with Crippen molar-refractivity contribution in [3.8, 4) is 11.6 Å². The van der Waals surface area contributed by atoms with Crippen LogP contribution in [0.5, 0.6) is 0 Å². The van der Waals surface area contributed by atoms with Crippen LogP contribution in [0.15, 0.2) is 67.4 Å². The minimum Gasteiger partial charge on any atom is -0.324 e. The van der Waals surface area contributed by atoms with E-state index in [0.29, 0.717) is 23.4 Å². The lowest BCUT2D eigenvalue weighted by molar-refractivity contribution is 0.102. The number of pyridine rings is 1. The molecule has 0 unspecified atom stereocenters. The Kier molecular flexibility index (Phi) is 3.93. The fourth-order valence-electron chi connectivity index (χ4n) is 3.01. The summed E-state index contributed by atoms with van der Waals surface area (Å²) in [4.78, 5) is 25.6. The first kappa shape index (κ1) is 16.4. The number of anilines is 1. The van der Waals surface area contributed by atoms with Crippen molar-refractivity contribution in [1.29, 1.82) is 0 Å². The molecular weight excluding hydrogens is 354 g/mol. The van der Waals surface area contributed by atoms with Crippen LogP contribution in [0.25, 0.3) is 11.6 Å². The van der Waals surface area contributed by atoms with Gasteiger partial charge in [0.05, 0.1) is 5.69 Å². The molecule has 1 aliphatic carbocycles. The van der Waals surface area contributed by atoms with E-state index in [0.717, 1.165) is 24.2 Å². The standard InChI is InChI=1S/C20H17N7O/c28-19(17-12-15(6-9-21-17)26-10-1-2-11-26)24-18-13-16(14-4-5-14)25-27(18)20-22-7-3-8-23-20/h1-3,6-14H,4-5H2,(H,24,28). The van der Waals surface area contributed by atoms with Gasteiger partial charge in [0.25, 0.3) is 11.9 Å².